The monoisotopic (exact) mass is 388 g/mol. The third kappa shape index (κ3) is 21.9. The van der Waals surface area contributed by atoms with Crippen molar-refractivity contribution in [2.24, 2.45) is 11.8 Å². The highest BCUT2D eigenvalue weighted by Crippen LogP contribution is 2.23. The van der Waals surface area contributed by atoms with Crippen LogP contribution in [0.15, 0.2) is 0 Å². The summed E-state index contributed by atoms with van der Waals surface area (Å²) in [4.78, 5) is 0. The first-order chi connectivity index (χ1) is 13.7. The fourth-order valence-electron chi connectivity index (χ4n) is 4.09. The number of unbranched alkanes of at least 4 members (excludes halogenated alkanes) is 14. The molecule has 0 nitrogen and oxygen atoms in total. The summed E-state index contributed by atoms with van der Waals surface area (Å²) in [5.74, 6) is 8.58. The second-order valence-electron chi connectivity index (χ2n) is 9.23. The van der Waals surface area contributed by atoms with Crippen molar-refractivity contribution in [1.82, 2.24) is 0 Å². The van der Waals surface area contributed by atoms with E-state index in [-0.39, 0.29) is 0 Å². The van der Waals surface area contributed by atoms with Gasteiger partial charge in [0.25, 0.3) is 0 Å². The minimum Gasteiger partial charge on any atom is -0.103 e. The Balaban J connectivity index is 3.68. The fraction of sp³-hybridized carbons (Fsp3) is 0.857. The zero-order valence-electron chi connectivity index (χ0n) is 19.7. The zero-order valence-corrected chi connectivity index (χ0v) is 19.7. The minimum atomic E-state index is 0.823. The van der Waals surface area contributed by atoms with Crippen molar-refractivity contribution in [2.45, 2.75) is 142 Å². The van der Waals surface area contributed by atoms with Crippen LogP contribution >= 0.6 is 0 Å². The number of hydrogen-bond acceptors (Lipinski definition) is 0. The van der Waals surface area contributed by atoms with Gasteiger partial charge in [0.15, 0.2) is 0 Å². The summed E-state index contributed by atoms with van der Waals surface area (Å²) >= 11 is 0. The lowest BCUT2D eigenvalue weighted by Crippen LogP contribution is -2.05. The molecule has 0 aliphatic carbocycles. The Morgan fingerprint density at radius 1 is 0.536 bits per heavy atom. The first-order valence-electron chi connectivity index (χ1n) is 12.7. The summed E-state index contributed by atoms with van der Waals surface area (Å²) in [5.41, 5.74) is 0. The third-order valence-corrected chi connectivity index (χ3v) is 5.77. The largest absolute Gasteiger partial charge is 0.103 e. The number of hydrogen-bond donors (Lipinski definition) is 0. The van der Waals surface area contributed by atoms with Crippen molar-refractivity contribution >= 4 is 0 Å². The van der Waals surface area contributed by atoms with Gasteiger partial charge in [-0.3, -0.25) is 0 Å². The molecule has 0 aliphatic rings. The molecule has 0 heteroatoms. The Morgan fingerprint density at radius 2 is 1.00 bits per heavy atom. The van der Waals surface area contributed by atoms with Gasteiger partial charge in [0.1, 0.15) is 0 Å². The van der Waals surface area contributed by atoms with Gasteiger partial charge in [0, 0.05) is 12.8 Å². The van der Waals surface area contributed by atoms with Crippen LogP contribution in [0.1, 0.15) is 142 Å². The van der Waals surface area contributed by atoms with Gasteiger partial charge in [-0.1, -0.05) is 124 Å². The van der Waals surface area contributed by atoms with Crippen molar-refractivity contribution in [3.05, 3.63) is 13.8 Å². The van der Waals surface area contributed by atoms with Gasteiger partial charge in [-0.25, -0.2) is 0 Å². The van der Waals surface area contributed by atoms with E-state index in [4.69, 9.17) is 0 Å². The summed E-state index contributed by atoms with van der Waals surface area (Å²) in [6.45, 7) is 12.6. The molecule has 0 bridgehead atoms. The van der Waals surface area contributed by atoms with E-state index in [1.54, 1.807) is 0 Å². The van der Waals surface area contributed by atoms with E-state index < -0.39 is 0 Å². The van der Waals surface area contributed by atoms with Crippen LogP contribution < -0.4 is 0 Å². The van der Waals surface area contributed by atoms with Gasteiger partial charge in [-0.2, -0.15) is 0 Å². The van der Waals surface area contributed by atoms with E-state index in [9.17, 15) is 0 Å². The molecular formula is C28H52. The van der Waals surface area contributed by atoms with Gasteiger partial charge in [-0.05, 0) is 31.1 Å². The van der Waals surface area contributed by atoms with Crippen LogP contribution in [0.5, 0.6) is 0 Å². The third-order valence-electron chi connectivity index (χ3n) is 5.77. The summed E-state index contributed by atoms with van der Waals surface area (Å²) < 4.78 is 0. The minimum absolute atomic E-state index is 0.823. The zero-order chi connectivity index (χ0) is 20.7. The molecule has 0 heterocycles. The first kappa shape index (κ1) is 27.6. The van der Waals surface area contributed by atoms with Crippen molar-refractivity contribution in [3.63, 3.8) is 0 Å². The Bertz CT molecular complexity index is 343. The Hall–Kier alpha value is -0.440. The van der Waals surface area contributed by atoms with Crippen molar-refractivity contribution in [3.8, 4) is 11.8 Å². The lowest BCUT2D eigenvalue weighted by molar-refractivity contribution is 0.354. The molecule has 0 spiro atoms. The van der Waals surface area contributed by atoms with Gasteiger partial charge < -0.3 is 0 Å². The van der Waals surface area contributed by atoms with Crippen LogP contribution in [-0.4, -0.2) is 0 Å². The molecule has 0 aromatic heterocycles. The predicted molar refractivity (Wildman–Crippen MR) is 129 cm³/mol. The molecule has 0 aromatic carbocycles. The molecule has 164 valence electrons. The van der Waals surface area contributed by atoms with Crippen LogP contribution in [-0.2, 0) is 0 Å². The van der Waals surface area contributed by atoms with Crippen LogP contribution in [0.4, 0.5) is 0 Å². The topological polar surface area (TPSA) is 0 Å². The highest BCUT2D eigenvalue weighted by atomic mass is 14.2. The summed E-state index contributed by atoms with van der Waals surface area (Å²) in [7, 11) is 0. The van der Waals surface area contributed by atoms with E-state index >= 15 is 0 Å². The maximum absolute atomic E-state index is 3.92. The second kappa shape index (κ2) is 22.8. The van der Waals surface area contributed by atoms with Crippen LogP contribution in [0.2, 0.25) is 0 Å². The highest BCUT2D eigenvalue weighted by Gasteiger charge is 2.10. The van der Waals surface area contributed by atoms with Crippen LogP contribution in [0, 0.1) is 37.5 Å². The smallest absolute Gasteiger partial charge is 0.00913 e. The normalized spacial score (nSPS) is 12.2. The Morgan fingerprint density at radius 3 is 1.54 bits per heavy atom. The van der Waals surface area contributed by atoms with E-state index in [0.29, 0.717) is 0 Å². The molecule has 0 saturated carbocycles. The lowest BCUT2D eigenvalue weighted by atomic mass is 9.88. The molecule has 2 radical (unpaired) electrons. The predicted octanol–water partition coefficient (Wildman–Crippen LogP) is 9.73. The molecule has 0 aliphatic heterocycles. The van der Waals surface area contributed by atoms with Crippen molar-refractivity contribution in [1.29, 1.82) is 0 Å². The fourth-order valence-corrected chi connectivity index (χ4v) is 4.09. The van der Waals surface area contributed by atoms with E-state index in [0.717, 1.165) is 37.5 Å². The molecule has 0 saturated heterocycles. The average molecular weight is 389 g/mol. The maximum atomic E-state index is 3.92. The molecule has 1 atom stereocenters. The number of rotatable bonds is 20. The first-order valence-corrected chi connectivity index (χ1v) is 12.7. The van der Waals surface area contributed by atoms with E-state index in [2.05, 4.69) is 39.5 Å². The Labute approximate surface area is 180 Å². The van der Waals surface area contributed by atoms with Gasteiger partial charge >= 0.3 is 0 Å². The standard InChI is InChI=1S/C28H52/c1-5-7-9-11-13-15-17-19-21-23-25-28(26-27(3)4)24-22-20-18-16-14-12-10-8-6-2/h27-28H,1-2,5-17,19,21-26H2,3-4H3. The molecule has 0 aromatic rings. The second-order valence-corrected chi connectivity index (χ2v) is 9.23. The van der Waals surface area contributed by atoms with Crippen molar-refractivity contribution in [2.75, 3.05) is 0 Å². The van der Waals surface area contributed by atoms with E-state index in [1.807, 2.05) is 0 Å². The SMILES string of the molecule is [CH2]CCCCCCC#CCCC(CCCCCCCCCCC[CH2])CC(C)C. The van der Waals surface area contributed by atoms with Gasteiger partial charge in [0.05, 0.1) is 0 Å². The van der Waals surface area contributed by atoms with Gasteiger partial charge in [-0.15, -0.1) is 11.8 Å². The molecule has 28 heavy (non-hydrogen) atoms. The van der Waals surface area contributed by atoms with E-state index in [1.165, 1.54) is 103 Å². The molecule has 0 rings (SSSR count). The molecule has 0 amide bonds. The molecule has 1 unspecified atom stereocenters. The maximum Gasteiger partial charge on any atom is 0.00913 e. The summed E-state index contributed by atoms with van der Waals surface area (Å²) in [6, 6.07) is 0. The lowest BCUT2D eigenvalue weighted by Gasteiger charge is -2.18. The van der Waals surface area contributed by atoms with Crippen LogP contribution in [0.3, 0.4) is 0 Å². The Kier molecular flexibility index (Phi) is 22.5. The summed E-state index contributed by atoms with van der Waals surface area (Å²) in [5, 5.41) is 0. The molecule has 0 N–H and O–H groups in total. The molecular weight excluding hydrogens is 336 g/mol. The quantitative estimate of drug-likeness (QED) is 0.144. The molecule has 0 fully saturated rings. The van der Waals surface area contributed by atoms with Gasteiger partial charge in [0.2, 0.25) is 0 Å². The summed E-state index contributed by atoms with van der Waals surface area (Å²) in [6.07, 6.45) is 26.5. The van der Waals surface area contributed by atoms with Crippen LogP contribution in [0.25, 0.3) is 0 Å². The van der Waals surface area contributed by atoms with Crippen molar-refractivity contribution < 1.29 is 0 Å². The highest BCUT2D eigenvalue weighted by molar-refractivity contribution is 4.98. The average Bonchev–Trinajstić information content (AvgIpc) is 2.67.